The molecule has 0 radical (unpaired) electrons. The molecule has 2 aromatic rings. The molecule has 0 saturated carbocycles. The predicted molar refractivity (Wildman–Crippen MR) is 84.3 cm³/mol. The van der Waals surface area contributed by atoms with Crippen LogP contribution in [0.4, 0.5) is 10.1 Å². The summed E-state index contributed by atoms with van der Waals surface area (Å²) in [6, 6.07) is 8.30. The van der Waals surface area contributed by atoms with Gasteiger partial charge in [-0.05, 0) is 51.8 Å². The smallest absolute Gasteiger partial charge is 0.263 e. The van der Waals surface area contributed by atoms with Crippen LogP contribution in [0.15, 0.2) is 45.8 Å². The Labute approximate surface area is 135 Å². The molecule has 0 fully saturated rings. The first-order valence-electron chi connectivity index (χ1n) is 5.80. The highest BCUT2D eigenvalue weighted by atomic mass is 79.9. The quantitative estimate of drug-likeness (QED) is 0.835. The van der Waals surface area contributed by atoms with E-state index in [1.54, 1.807) is 12.1 Å². The van der Waals surface area contributed by atoms with Crippen molar-refractivity contribution in [1.29, 1.82) is 0 Å². The maximum atomic E-state index is 13.7. The molecule has 2 rings (SSSR count). The van der Waals surface area contributed by atoms with E-state index in [1.165, 1.54) is 18.2 Å². The molecule has 21 heavy (non-hydrogen) atoms. The monoisotopic (exact) mass is 392 g/mol. The molecule has 0 aromatic heterocycles. The summed E-state index contributed by atoms with van der Waals surface area (Å²) in [7, 11) is -3.93. The summed E-state index contributed by atoms with van der Waals surface area (Å²) in [4.78, 5) is -0.00551. The van der Waals surface area contributed by atoms with Crippen molar-refractivity contribution in [2.24, 2.45) is 5.73 Å². The molecule has 0 aliphatic carbocycles. The van der Waals surface area contributed by atoms with Gasteiger partial charge < -0.3 is 5.73 Å². The van der Waals surface area contributed by atoms with Crippen molar-refractivity contribution >= 4 is 43.2 Å². The third-order valence-corrected chi connectivity index (χ3v) is 5.27. The predicted octanol–water partition coefficient (Wildman–Crippen LogP) is 3.50. The number of sulfonamides is 1. The minimum Gasteiger partial charge on any atom is -0.326 e. The van der Waals surface area contributed by atoms with Gasteiger partial charge in [0.2, 0.25) is 0 Å². The first-order chi connectivity index (χ1) is 9.83. The minimum absolute atomic E-state index is 0.00551. The number of halogens is 3. The minimum atomic E-state index is -3.93. The lowest BCUT2D eigenvalue weighted by atomic mass is 10.2. The molecule has 0 amide bonds. The first-order valence-corrected chi connectivity index (χ1v) is 8.45. The Hall–Kier alpha value is -1.15. The van der Waals surface area contributed by atoms with Gasteiger partial charge in [0.1, 0.15) is 10.7 Å². The molecule has 4 nitrogen and oxygen atoms in total. The third kappa shape index (κ3) is 3.74. The number of benzene rings is 2. The van der Waals surface area contributed by atoms with Gasteiger partial charge in [-0.15, -0.1) is 0 Å². The van der Waals surface area contributed by atoms with E-state index < -0.39 is 15.8 Å². The van der Waals surface area contributed by atoms with Gasteiger partial charge in [0, 0.05) is 16.0 Å². The van der Waals surface area contributed by atoms with Crippen LogP contribution in [-0.4, -0.2) is 8.42 Å². The second kappa shape index (κ2) is 6.31. The molecule has 0 atom stereocenters. The van der Waals surface area contributed by atoms with Gasteiger partial charge in [0.05, 0.1) is 5.69 Å². The molecule has 0 aliphatic heterocycles. The molecule has 0 aliphatic rings. The number of rotatable bonds is 4. The number of hydrogen-bond acceptors (Lipinski definition) is 3. The van der Waals surface area contributed by atoms with E-state index in [0.29, 0.717) is 4.47 Å². The van der Waals surface area contributed by atoms with Crippen LogP contribution in [0.5, 0.6) is 0 Å². The molecule has 0 bridgehead atoms. The zero-order valence-corrected chi connectivity index (χ0v) is 13.8. The average molecular weight is 394 g/mol. The average Bonchev–Trinajstić information content (AvgIpc) is 2.41. The summed E-state index contributed by atoms with van der Waals surface area (Å²) >= 11 is 8.80. The zero-order valence-electron chi connectivity index (χ0n) is 10.6. The van der Waals surface area contributed by atoms with Gasteiger partial charge in [-0.1, -0.05) is 17.7 Å². The van der Waals surface area contributed by atoms with Crippen LogP contribution in [0.1, 0.15) is 5.56 Å². The standard InChI is InChI=1S/C13H11BrClFN2O2S/c14-10-5-8(7-17)1-4-13(10)21(19,20)18-12-3-2-9(15)6-11(12)16/h1-6,18H,7,17H2. The Bertz CT molecular complexity index is 784. The third-order valence-electron chi connectivity index (χ3n) is 2.70. The SMILES string of the molecule is NCc1ccc(S(=O)(=O)Nc2ccc(Cl)cc2F)c(Br)c1. The first kappa shape index (κ1) is 16.2. The van der Waals surface area contributed by atoms with Crippen LogP contribution >= 0.6 is 27.5 Å². The van der Waals surface area contributed by atoms with Crippen LogP contribution in [0, 0.1) is 5.82 Å². The van der Waals surface area contributed by atoms with Gasteiger partial charge in [-0.3, -0.25) is 4.72 Å². The summed E-state index contributed by atoms with van der Waals surface area (Å²) in [6.45, 7) is 0.290. The van der Waals surface area contributed by atoms with Crippen molar-refractivity contribution < 1.29 is 12.8 Å². The van der Waals surface area contributed by atoms with E-state index in [0.717, 1.165) is 11.6 Å². The van der Waals surface area contributed by atoms with E-state index in [9.17, 15) is 12.8 Å². The molecule has 0 unspecified atom stereocenters. The molecule has 3 N–H and O–H groups in total. The second-order valence-electron chi connectivity index (χ2n) is 4.20. The Morgan fingerprint density at radius 3 is 2.52 bits per heavy atom. The molecular weight excluding hydrogens is 383 g/mol. The fraction of sp³-hybridized carbons (Fsp3) is 0.0769. The highest BCUT2D eigenvalue weighted by molar-refractivity contribution is 9.10. The molecule has 0 heterocycles. The van der Waals surface area contributed by atoms with E-state index in [2.05, 4.69) is 20.7 Å². The number of nitrogens with two attached hydrogens (primary N) is 1. The van der Waals surface area contributed by atoms with E-state index >= 15 is 0 Å². The van der Waals surface area contributed by atoms with Gasteiger partial charge in [-0.25, -0.2) is 12.8 Å². The maximum absolute atomic E-state index is 13.7. The number of hydrogen-bond donors (Lipinski definition) is 2. The van der Waals surface area contributed by atoms with Crippen molar-refractivity contribution in [2.75, 3.05) is 4.72 Å². The van der Waals surface area contributed by atoms with Crippen molar-refractivity contribution in [3.8, 4) is 0 Å². The summed E-state index contributed by atoms with van der Waals surface area (Å²) in [5.41, 5.74) is 6.09. The van der Waals surface area contributed by atoms with Crippen molar-refractivity contribution in [3.63, 3.8) is 0 Å². The van der Waals surface area contributed by atoms with Gasteiger partial charge in [0.15, 0.2) is 0 Å². The fourth-order valence-electron chi connectivity index (χ4n) is 1.66. The van der Waals surface area contributed by atoms with Crippen molar-refractivity contribution in [3.05, 3.63) is 57.3 Å². The molecule has 2 aromatic carbocycles. The van der Waals surface area contributed by atoms with E-state index in [4.69, 9.17) is 17.3 Å². The Kier molecular flexibility index (Phi) is 4.88. The Morgan fingerprint density at radius 2 is 1.95 bits per heavy atom. The summed E-state index contributed by atoms with van der Waals surface area (Å²) in [5.74, 6) is -0.749. The summed E-state index contributed by atoms with van der Waals surface area (Å²) < 4.78 is 40.8. The lowest BCUT2D eigenvalue weighted by molar-refractivity contribution is 0.598. The van der Waals surface area contributed by atoms with Crippen molar-refractivity contribution in [2.45, 2.75) is 11.4 Å². The zero-order chi connectivity index (χ0) is 15.6. The second-order valence-corrected chi connectivity index (χ2v) is 7.14. The van der Waals surface area contributed by atoms with Gasteiger partial charge in [0.25, 0.3) is 10.0 Å². The highest BCUT2D eigenvalue weighted by Crippen LogP contribution is 2.27. The van der Waals surface area contributed by atoms with E-state index in [-0.39, 0.29) is 22.2 Å². The topological polar surface area (TPSA) is 72.2 Å². The van der Waals surface area contributed by atoms with Gasteiger partial charge in [-0.2, -0.15) is 0 Å². The van der Waals surface area contributed by atoms with Crippen LogP contribution in [0.25, 0.3) is 0 Å². The largest absolute Gasteiger partial charge is 0.326 e. The molecule has 0 saturated heterocycles. The lowest BCUT2D eigenvalue weighted by Gasteiger charge is -2.11. The van der Waals surface area contributed by atoms with Crippen molar-refractivity contribution in [1.82, 2.24) is 0 Å². The maximum Gasteiger partial charge on any atom is 0.263 e. The number of anilines is 1. The van der Waals surface area contributed by atoms with Crippen LogP contribution in [-0.2, 0) is 16.6 Å². The van der Waals surface area contributed by atoms with Crippen LogP contribution in [0.2, 0.25) is 5.02 Å². The Balaban J connectivity index is 2.38. The summed E-state index contributed by atoms with van der Waals surface area (Å²) in [6.07, 6.45) is 0. The highest BCUT2D eigenvalue weighted by Gasteiger charge is 2.19. The van der Waals surface area contributed by atoms with E-state index in [1.807, 2.05) is 0 Å². The molecule has 8 heteroatoms. The van der Waals surface area contributed by atoms with Crippen LogP contribution in [0.3, 0.4) is 0 Å². The molecule has 0 spiro atoms. The molecule has 112 valence electrons. The lowest BCUT2D eigenvalue weighted by Crippen LogP contribution is -2.15. The van der Waals surface area contributed by atoms with Gasteiger partial charge >= 0.3 is 0 Å². The fourth-order valence-corrected chi connectivity index (χ4v) is 4.01. The normalized spacial score (nSPS) is 11.4. The molecular formula is C13H11BrClFN2O2S. The number of nitrogens with one attached hydrogen (secondary N) is 1. The van der Waals surface area contributed by atoms with Crippen LogP contribution < -0.4 is 10.5 Å². The Morgan fingerprint density at radius 1 is 1.24 bits per heavy atom. The summed E-state index contributed by atoms with van der Waals surface area (Å²) in [5, 5.41) is 0.184.